The van der Waals surface area contributed by atoms with Crippen molar-refractivity contribution >= 4 is 5.97 Å². The highest BCUT2D eigenvalue weighted by Gasteiger charge is 2.05. The van der Waals surface area contributed by atoms with Gasteiger partial charge in [-0.15, -0.1) is 0 Å². The molecule has 0 bridgehead atoms. The Morgan fingerprint density at radius 1 is 1.70 bits per heavy atom. The van der Waals surface area contributed by atoms with E-state index in [0.717, 1.165) is 0 Å². The van der Waals surface area contributed by atoms with Crippen LogP contribution in [0.3, 0.4) is 0 Å². The van der Waals surface area contributed by atoms with Crippen molar-refractivity contribution in [2.75, 3.05) is 13.3 Å². The van der Waals surface area contributed by atoms with E-state index >= 15 is 0 Å². The van der Waals surface area contributed by atoms with E-state index in [1.54, 1.807) is 0 Å². The summed E-state index contributed by atoms with van der Waals surface area (Å²) in [6.07, 6.45) is 1.41. The Morgan fingerprint density at radius 2 is 2.30 bits per heavy atom. The van der Waals surface area contributed by atoms with Crippen molar-refractivity contribution in [3.63, 3.8) is 0 Å². The number of hydrogen-bond acceptors (Lipinski definition) is 2. The van der Waals surface area contributed by atoms with E-state index in [9.17, 15) is 9.18 Å². The molecule has 0 N–H and O–H groups in total. The summed E-state index contributed by atoms with van der Waals surface area (Å²) >= 11 is 0. The number of hydrogen-bond donors (Lipinski definition) is 0. The van der Waals surface area contributed by atoms with E-state index in [2.05, 4.69) is 17.9 Å². The molecule has 0 fully saturated rings. The minimum atomic E-state index is -0.865. The number of halogens is 1. The lowest BCUT2D eigenvalue weighted by atomic mass is 10.3. The van der Waals surface area contributed by atoms with E-state index < -0.39 is 12.6 Å². The van der Waals surface area contributed by atoms with Crippen molar-refractivity contribution in [2.45, 2.75) is 0 Å². The van der Waals surface area contributed by atoms with Gasteiger partial charge in [0.1, 0.15) is 13.3 Å². The molecule has 0 aliphatic heterocycles. The van der Waals surface area contributed by atoms with Gasteiger partial charge in [0.05, 0.1) is 5.57 Å². The number of rotatable bonds is 4. The van der Waals surface area contributed by atoms with Crippen LogP contribution in [0.5, 0.6) is 0 Å². The molecule has 56 valence electrons. The van der Waals surface area contributed by atoms with Crippen molar-refractivity contribution in [3.8, 4) is 0 Å². The highest BCUT2D eigenvalue weighted by atomic mass is 19.1. The first-order valence-electron chi connectivity index (χ1n) is 2.74. The van der Waals surface area contributed by atoms with E-state index in [0.29, 0.717) is 0 Å². The van der Waals surface area contributed by atoms with Gasteiger partial charge in [-0.3, -0.25) is 0 Å². The summed E-state index contributed by atoms with van der Waals surface area (Å²) in [5.41, 5.74) is -0.165. The van der Waals surface area contributed by atoms with Crippen molar-refractivity contribution < 1.29 is 13.9 Å². The van der Waals surface area contributed by atoms with Crippen LogP contribution in [-0.2, 0) is 9.53 Å². The number of esters is 1. The number of alkyl halides is 1. The van der Waals surface area contributed by atoms with Crippen LogP contribution in [0, 0.1) is 0 Å². The first-order chi connectivity index (χ1) is 4.72. The van der Waals surface area contributed by atoms with Gasteiger partial charge in [0.2, 0.25) is 0 Å². The molecule has 0 spiro atoms. The summed E-state index contributed by atoms with van der Waals surface area (Å²) in [6, 6.07) is 0. The average Bonchev–Trinajstić information content (AvgIpc) is 1.98. The SMILES string of the molecule is C=CCOC(=O)C(=C)CF. The van der Waals surface area contributed by atoms with Crippen LogP contribution in [0.15, 0.2) is 24.8 Å². The standard InChI is InChI=1S/C7H9FO2/c1-3-4-10-7(9)6(2)5-8/h3H,1-2,4-5H2. The van der Waals surface area contributed by atoms with Crippen molar-refractivity contribution in [2.24, 2.45) is 0 Å². The van der Waals surface area contributed by atoms with Gasteiger partial charge in [-0.25, -0.2) is 9.18 Å². The second kappa shape index (κ2) is 4.73. The monoisotopic (exact) mass is 144 g/mol. The summed E-state index contributed by atoms with van der Waals surface area (Å²) in [5.74, 6) is -0.706. The average molecular weight is 144 g/mol. The van der Waals surface area contributed by atoms with Crippen LogP contribution >= 0.6 is 0 Å². The summed E-state index contributed by atoms with van der Waals surface area (Å²) in [5, 5.41) is 0. The van der Waals surface area contributed by atoms with Crippen LogP contribution in [0.1, 0.15) is 0 Å². The van der Waals surface area contributed by atoms with Crippen molar-refractivity contribution in [1.29, 1.82) is 0 Å². The van der Waals surface area contributed by atoms with Crippen molar-refractivity contribution in [1.82, 2.24) is 0 Å². The first kappa shape index (κ1) is 8.88. The van der Waals surface area contributed by atoms with Crippen LogP contribution in [-0.4, -0.2) is 19.3 Å². The third-order valence-electron chi connectivity index (χ3n) is 0.782. The Labute approximate surface area is 59.0 Å². The molecular formula is C7H9FO2. The van der Waals surface area contributed by atoms with Crippen LogP contribution < -0.4 is 0 Å². The predicted molar refractivity (Wildman–Crippen MR) is 36.3 cm³/mol. The zero-order valence-corrected chi connectivity index (χ0v) is 5.60. The Hall–Kier alpha value is -1.12. The number of carbonyl (C=O) groups is 1. The molecule has 0 aromatic heterocycles. The smallest absolute Gasteiger partial charge is 0.336 e. The third-order valence-corrected chi connectivity index (χ3v) is 0.782. The lowest BCUT2D eigenvalue weighted by Gasteiger charge is -1.99. The molecule has 0 aromatic carbocycles. The highest BCUT2D eigenvalue weighted by molar-refractivity contribution is 5.87. The molecule has 0 unspecified atom stereocenters. The fourth-order valence-electron chi connectivity index (χ4n) is 0.291. The molecule has 0 aliphatic rings. The summed E-state index contributed by atoms with van der Waals surface area (Å²) in [4.78, 5) is 10.5. The van der Waals surface area contributed by atoms with Gasteiger partial charge in [0.25, 0.3) is 0 Å². The zero-order chi connectivity index (χ0) is 7.98. The Balaban J connectivity index is 3.62. The molecular weight excluding hydrogens is 135 g/mol. The Morgan fingerprint density at radius 3 is 2.70 bits per heavy atom. The summed E-state index contributed by atoms with van der Waals surface area (Å²) < 4.78 is 16.1. The molecule has 0 aromatic rings. The topological polar surface area (TPSA) is 26.3 Å². The zero-order valence-electron chi connectivity index (χ0n) is 5.60. The molecule has 0 atom stereocenters. The molecule has 0 amide bonds. The van der Waals surface area contributed by atoms with Crippen LogP contribution in [0.25, 0.3) is 0 Å². The van der Waals surface area contributed by atoms with Crippen molar-refractivity contribution in [3.05, 3.63) is 24.8 Å². The lowest BCUT2D eigenvalue weighted by Crippen LogP contribution is -2.07. The fraction of sp³-hybridized carbons (Fsp3) is 0.286. The number of ether oxygens (including phenoxy) is 1. The number of carbonyl (C=O) groups excluding carboxylic acids is 1. The van der Waals surface area contributed by atoms with Gasteiger partial charge in [-0.05, 0) is 0 Å². The molecule has 0 aliphatic carbocycles. The lowest BCUT2D eigenvalue weighted by molar-refractivity contribution is -0.138. The van der Waals surface area contributed by atoms with Crippen LogP contribution in [0.4, 0.5) is 4.39 Å². The van der Waals surface area contributed by atoms with Gasteiger partial charge in [0, 0.05) is 0 Å². The quantitative estimate of drug-likeness (QED) is 0.337. The van der Waals surface area contributed by atoms with E-state index in [4.69, 9.17) is 0 Å². The van der Waals surface area contributed by atoms with E-state index in [1.165, 1.54) is 6.08 Å². The second-order valence-corrected chi connectivity index (χ2v) is 1.62. The second-order valence-electron chi connectivity index (χ2n) is 1.62. The maximum Gasteiger partial charge on any atom is 0.336 e. The summed E-state index contributed by atoms with van der Waals surface area (Å²) in [7, 11) is 0. The highest BCUT2D eigenvalue weighted by Crippen LogP contribution is 1.94. The third kappa shape index (κ3) is 3.02. The molecule has 10 heavy (non-hydrogen) atoms. The maximum absolute atomic E-state index is 11.6. The minimum Gasteiger partial charge on any atom is -0.458 e. The molecule has 0 rings (SSSR count). The van der Waals surface area contributed by atoms with Gasteiger partial charge in [-0.2, -0.15) is 0 Å². The molecule has 0 radical (unpaired) electrons. The van der Waals surface area contributed by atoms with Gasteiger partial charge < -0.3 is 4.74 Å². The Kier molecular flexibility index (Phi) is 4.20. The molecule has 0 saturated carbocycles. The van der Waals surface area contributed by atoms with E-state index in [-0.39, 0.29) is 12.2 Å². The minimum absolute atomic E-state index is 0.0951. The summed E-state index contributed by atoms with van der Waals surface area (Å²) in [6.45, 7) is 5.69. The van der Waals surface area contributed by atoms with Gasteiger partial charge >= 0.3 is 5.97 Å². The Bertz CT molecular complexity index is 152. The normalized spacial score (nSPS) is 8.50. The molecule has 3 heteroatoms. The largest absolute Gasteiger partial charge is 0.458 e. The predicted octanol–water partition coefficient (Wildman–Crippen LogP) is 1.24. The van der Waals surface area contributed by atoms with E-state index in [1.807, 2.05) is 0 Å². The fourth-order valence-corrected chi connectivity index (χ4v) is 0.291. The molecule has 0 saturated heterocycles. The van der Waals surface area contributed by atoms with Gasteiger partial charge in [0.15, 0.2) is 0 Å². The molecule has 0 heterocycles. The van der Waals surface area contributed by atoms with Crippen LogP contribution in [0.2, 0.25) is 0 Å². The van der Waals surface area contributed by atoms with Gasteiger partial charge in [-0.1, -0.05) is 19.2 Å². The maximum atomic E-state index is 11.6. The molecule has 2 nitrogen and oxygen atoms in total. The first-order valence-corrected chi connectivity index (χ1v) is 2.74.